The predicted octanol–water partition coefficient (Wildman–Crippen LogP) is 1.92. The fourth-order valence-electron chi connectivity index (χ4n) is 1.64. The Balaban J connectivity index is 2.18. The van der Waals surface area contributed by atoms with Gasteiger partial charge in [-0.15, -0.1) is 0 Å². The second kappa shape index (κ2) is 7.02. The first-order chi connectivity index (χ1) is 9.97. The number of aliphatic carboxylic acids is 1. The number of nitrogens with zero attached hydrogens (tertiary/aromatic N) is 1. The highest BCUT2D eigenvalue weighted by molar-refractivity contribution is 9.12. The standard InChI is InChI=1S/C14H10BrNO3S2/c15-10(6-9-4-2-1-3-5-9)7-11-13(19)16(8-12(17)18)14(20)21-11/h1-7H,8H2,(H,17,18)/p-1/b10-6-,11-7-. The van der Waals surface area contributed by atoms with Crippen LogP contribution in [0.5, 0.6) is 0 Å². The van der Waals surface area contributed by atoms with Crippen LogP contribution >= 0.6 is 39.9 Å². The number of carboxylic acid groups (broad SMARTS) is 1. The van der Waals surface area contributed by atoms with Crippen molar-refractivity contribution in [2.75, 3.05) is 6.54 Å². The largest absolute Gasteiger partial charge is 0.548 e. The van der Waals surface area contributed by atoms with Crippen LogP contribution in [-0.4, -0.2) is 27.6 Å². The van der Waals surface area contributed by atoms with Crippen LogP contribution in [0.15, 0.2) is 45.8 Å². The average Bonchev–Trinajstić information content (AvgIpc) is 2.67. The first kappa shape index (κ1) is 15.9. The molecule has 0 spiro atoms. The van der Waals surface area contributed by atoms with E-state index >= 15 is 0 Å². The summed E-state index contributed by atoms with van der Waals surface area (Å²) in [7, 11) is 0. The number of allylic oxidation sites excluding steroid dienone is 2. The highest BCUT2D eigenvalue weighted by atomic mass is 79.9. The van der Waals surface area contributed by atoms with Gasteiger partial charge in [-0.3, -0.25) is 9.69 Å². The van der Waals surface area contributed by atoms with Crippen molar-refractivity contribution in [2.45, 2.75) is 0 Å². The lowest BCUT2D eigenvalue weighted by Gasteiger charge is -2.14. The molecule has 0 aliphatic carbocycles. The number of thioether (sulfide) groups is 1. The fourth-order valence-corrected chi connectivity index (χ4v) is 3.53. The third-order valence-corrected chi connectivity index (χ3v) is 4.37. The highest BCUT2D eigenvalue weighted by Crippen LogP contribution is 2.32. The monoisotopic (exact) mass is 382 g/mol. The lowest BCUT2D eigenvalue weighted by Crippen LogP contribution is -2.40. The van der Waals surface area contributed by atoms with Crippen LogP contribution in [0.25, 0.3) is 6.08 Å². The van der Waals surface area contributed by atoms with E-state index in [1.165, 1.54) is 0 Å². The number of carbonyl (C=O) groups excluding carboxylic acids is 2. The summed E-state index contributed by atoms with van der Waals surface area (Å²) in [5.41, 5.74) is 0.978. The second-order valence-electron chi connectivity index (χ2n) is 4.08. The molecular formula is C14H9BrNO3S2-. The lowest BCUT2D eigenvalue weighted by atomic mass is 10.2. The van der Waals surface area contributed by atoms with Crippen molar-refractivity contribution in [3.63, 3.8) is 0 Å². The molecule has 1 aromatic carbocycles. The van der Waals surface area contributed by atoms with Gasteiger partial charge in [-0.05, 0) is 17.7 Å². The normalized spacial score (nSPS) is 17.7. The zero-order valence-corrected chi connectivity index (χ0v) is 13.8. The quantitative estimate of drug-likeness (QED) is 0.587. The van der Waals surface area contributed by atoms with E-state index in [4.69, 9.17) is 12.2 Å². The zero-order valence-electron chi connectivity index (χ0n) is 10.6. The van der Waals surface area contributed by atoms with E-state index < -0.39 is 18.4 Å². The number of benzene rings is 1. The summed E-state index contributed by atoms with van der Waals surface area (Å²) in [5.74, 6) is -1.76. The molecule has 0 aromatic heterocycles. The molecule has 1 aliphatic heterocycles. The van der Waals surface area contributed by atoms with Gasteiger partial charge in [-0.25, -0.2) is 0 Å². The third kappa shape index (κ3) is 4.26. The van der Waals surface area contributed by atoms with Gasteiger partial charge in [-0.1, -0.05) is 70.2 Å². The summed E-state index contributed by atoms with van der Waals surface area (Å²) in [6.07, 6.45) is 3.48. The number of halogens is 1. The molecular weight excluding hydrogens is 374 g/mol. The van der Waals surface area contributed by atoms with Gasteiger partial charge in [0.2, 0.25) is 0 Å². The number of amides is 1. The van der Waals surface area contributed by atoms with E-state index in [9.17, 15) is 14.7 Å². The van der Waals surface area contributed by atoms with Crippen molar-refractivity contribution >= 4 is 62.2 Å². The smallest absolute Gasteiger partial charge is 0.266 e. The minimum atomic E-state index is -1.34. The van der Waals surface area contributed by atoms with Crippen LogP contribution in [0.4, 0.5) is 0 Å². The Kier molecular flexibility index (Phi) is 5.33. The summed E-state index contributed by atoms with van der Waals surface area (Å²) in [6.45, 7) is -0.526. The van der Waals surface area contributed by atoms with E-state index in [-0.39, 0.29) is 4.32 Å². The molecule has 7 heteroatoms. The van der Waals surface area contributed by atoms with Crippen molar-refractivity contribution in [1.29, 1.82) is 0 Å². The minimum absolute atomic E-state index is 0.218. The molecule has 1 saturated heterocycles. The van der Waals surface area contributed by atoms with Crippen molar-refractivity contribution in [3.05, 3.63) is 51.4 Å². The van der Waals surface area contributed by atoms with Gasteiger partial charge >= 0.3 is 0 Å². The van der Waals surface area contributed by atoms with Crippen molar-refractivity contribution < 1.29 is 14.7 Å². The molecule has 0 radical (unpaired) electrons. The Morgan fingerprint density at radius 2 is 2.05 bits per heavy atom. The Labute approximate surface area is 139 Å². The van der Waals surface area contributed by atoms with Gasteiger partial charge in [0.25, 0.3) is 5.91 Å². The lowest BCUT2D eigenvalue weighted by molar-refractivity contribution is -0.305. The maximum Gasteiger partial charge on any atom is 0.266 e. The molecule has 108 valence electrons. The Hall–Kier alpha value is -1.44. The van der Waals surface area contributed by atoms with Gasteiger partial charge < -0.3 is 9.90 Å². The fraction of sp³-hybridized carbons (Fsp3) is 0.0714. The van der Waals surface area contributed by atoms with Crippen molar-refractivity contribution in [1.82, 2.24) is 4.90 Å². The minimum Gasteiger partial charge on any atom is -0.548 e. The number of carboxylic acids is 1. The molecule has 0 N–H and O–H groups in total. The Morgan fingerprint density at radius 3 is 2.67 bits per heavy atom. The predicted molar refractivity (Wildman–Crippen MR) is 88.3 cm³/mol. The molecule has 0 atom stereocenters. The van der Waals surface area contributed by atoms with Gasteiger partial charge in [0.1, 0.15) is 4.32 Å². The molecule has 0 bridgehead atoms. The van der Waals surface area contributed by atoms with E-state index in [0.29, 0.717) is 9.39 Å². The van der Waals surface area contributed by atoms with Gasteiger partial charge in [-0.2, -0.15) is 0 Å². The van der Waals surface area contributed by atoms with Crippen LogP contribution < -0.4 is 5.11 Å². The Bertz CT molecular complexity index is 655. The van der Waals surface area contributed by atoms with Crippen LogP contribution in [0.1, 0.15) is 5.56 Å². The molecule has 4 nitrogen and oxygen atoms in total. The number of rotatable bonds is 4. The summed E-state index contributed by atoms with van der Waals surface area (Å²) < 4.78 is 0.915. The SMILES string of the molecule is O=C([O-])CN1C(=O)/C(=C/C(Br)=C/c2ccccc2)SC1=S. The maximum atomic E-state index is 12.0. The summed E-state index contributed by atoms with van der Waals surface area (Å²) >= 11 is 9.44. The molecule has 1 aromatic rings. The summed E-state index contributed by atoms with van der Waals surface area (Å²) in [5, 5.41) is 10.6. The molecule has 1 fully saturated rings. The van der Waals surface area contributed by atoms with E-state index in [2.05, 4.69) is 15.9 Å². The van der Waals surface area contributed by atoms with Crippen molar-refractivity contribution in [2.24, 2.45) is 0 Å². The number of hydrogen-bond acceptors (Lipinski definition) is 5. The van der Waals surface area contributed by atoms with Crippen molar-refractivity contribution in [3.8, 4) is 0 Å². The molecule has 0 unspecified atom stereocenters. The van der Waals surface area contributed by atoms with Crippen LogP contribution in [-0.2, 0) is 9.59 Å². The zero-order chi connectivity index (χ0) is 15.4. The summed E-state index contributed by atoms with van der Waals surface area (Å²) in [4.78, 5) is 24.0. The molecule has 0 saturated carbocycles. The van der Waals surface area contributed by atoms with Gasteiger partial charge in [0.05, 0.1) is 17.4 Å². The van der Waals surface area contributed by atoms with E-state index in [1.54, 1.807) is 6.08 Å². The van der Waals surface area contributed by atoms with E-state index in [0.717, 1.165) is 22.2 Å². The Morgan fingerprint density at radius 1 is 1.38 bits per heavy atom. The molecule has 21 heavy (non-hydrogen) atoms. The van der Waals surface area contributed by atoms with Gasteiger partial charge in [0, 0.05) is 4.48 Å². The number of carbonyl (C=O) groups is 2. The number of hydrogen-bond donors (Lipinski definition) is 0. The first-order valence-electron chi connectivity index (χ1n) is 5.85. The molecule has 1 amide bonds. The molecule has 1 aliphatic rings. The van der Waals surface area contributed by atoms with Crippen LogP contribution in [0, 0.1) is 0 Å². The topological polar surface area (TPSA) is 60.4 Å². The third-order valence-electron chi connectivity index (χ3n) is 2.53. The number of thiocarbonyl (C=S) groups is 1. The summed E-state index contributed by atoms with van der Waals surface area (Å²) in [6, 6.07) is 9.58. The van der Waals surface area contributed by atoms with Crippen LogP contribution in [0.2, 0.25) is 0 Å². The van der Waals surface area contributed by atoms with Gasteiger partial charge in [0.15, 0.2) is 0 Å². The van der Waals surface area contributed by atoms with E-state index in [1.807, 2.05) is 36.4 Å². The molecule has 2 rings (SSSR count). The second-order valence-corrected chi connectivity index (χ2v) is 6.67. The molecule has 1 heterocycles. The maximum absolute atomic E-state index is 12.0. The van der Waals surface area contributed by atoms with Crippen LogP contribution in [0.3, 0.4) is 0 Å². The first-order valence-corrected chi connectivity index (χ1v) is 7.86. The average molecular weight is 383 g/mol. The highest BCUT2D eigenvalue weighted by Gasteiger charge is 2.31.